The molecule has 1 N–H and O–H groups in total. The number of hydrogen-bond donors (Lipinski definition) is 1. The van der Waals surface area contributed by atoms with Gasteiger partial charge in [0, 0.05) is 49.7 Å². The van der Waals surface area contributed by atoms with E-state index in [0.29, 0.717) is 12.4 Å². The first-order valence-corrected chi connectivity index (χ1v) is 11.0. The molecule has 0 fully saturated rings. The Labute approximate surface area is 193 Å². The van der Waals surface area contributed by atoms with Gasteiger partial charge in [-0.15, -0.1) is 0 Å². The minimum atomic E-state index is 0.0882. The summed E-state index contributed by atoms with van der Waals surface area (Å²) >= 11 is 0. The molecule has 0 radical (unpaired) electrons. The van der Waals surface area contributed by atoms with Crippen molar-refractivity contribution < 1.29 is 0 Å². The summed E-state index contributed by atoms with van der Waals surface area (Å²) < 4.78 is 2.12. The van der Waals surface area contributed by atoms with Crippen molar-refractivity contribution in [2.75, 3.05) is 30.9 Å². The zero-order valence-corrected chi connectivity index (χ0v) is 18.8. The van der Waals surface area contributed by atoms with Crippen LogP contribution in [-0.2, 0) is 0 Å². The highest BCUT2D eigenvalue weighted by molar-refractivity contribution is 5.90. The molecule has 0 bridgehead atoms. The van der Waals surface area contributed by atoms with E-state index in [9.17, 15) is 0 Å². The largest absolute Gasteiger partial charge is 0.378 e. The maximum absolute atomic E-state index is 4.93. The third kappa shape index (κ3) is 4.41. The van der Waals surface area contributed by atoms with E-state index in [1.807, 2.05) is 57.1 Å². The molecule has 0 aliphatic carbocycles. The second kappa shape index (κ2) is 9.12. The van der Waals surface area contributed by atoms with Gasteiger partial charge < -0.3 is 14.8 Å². The van der Waals surface area contributed by atoms with Crippen LogP contribution in [0.15, 0.2) is 97.6 Å². The number of aromatic nitrogens is 4. The standard InChI is InChI=1S/C27H26N6/c1-32(2)22-14-12-21(13-15-22)26-30-24-11-7-6-10-23(24)27(31-26)29-18-25(33-17-16-28-19-33)20-8-4-3-5-9-20/h3-17,19,25H,18H2,1-2H3,(H,29,30,31). The van der Waals surface area contributed by atoms with Gasteiger partial charge in [0.2, 0.25) is 0 Å². The quantitative estimate of drug-likeness (QED) is 0.379. The van der Waals surface area contributed by atoms with Crippen LogP contribution in [-0.4, -0.2) is 40.2 Å². The lowest BCUT2D eigenvalue weighted by Crippen LogP contribution is -2.20. The number of imidazole rings is 1. The predicted molar refractivity (Wildman–Crippen MR) is 135 cm³/mol. The highest BCUT2D eigenvalue weighted by atomic mass is 15.1. The smallest absolute Gasteiger partial charge is 0.162 e. The van der Waals surface area contributed by atoms with E-state index >= 15 is 0 Å². The van der Waals surface area contributed by atoms with E-state index < -0.39 is 0 Å². The van der Waals surface area contributed by atoms with Crippen LogP contribution in [0.3, 0.4) is 0 Å². The highest BCUT2D eigenvalue weighted by Gasteiger charge is 2.15. The van der Waals surface area contributed by atoms with Crippen LogP contribution < -0.4 is 10.2 Å². The maximum atomic E-state index is 4.93. The van der Waals surface area contributed by atoms with Gasteiger partial charge in [0.15, 0.2) is 5.82 Å². The summed E-state index contributed by atoms with van der Waals surface area (Å²) in [7, 11) is 4.07. The fourth-order valence-corrected chi connectivity index (χ4v) is 3.97. The van der Waals surface area contributed by atoms with Crippen molar-refractivity contribution in [1.82, 2.24) is 19.5 Å². The Hall–Kier alpha value is -4.19. The van der Waals surface area contributed by atoms with E-state index in [2.05, 4.69) is 74.4 Å². The fraction of sp³-hybridized carbons (Fsp3) is 0.148. The summed E-state index contributed by atoms with van der Waals surface area (Å²) in [6.07, 6.45) is 5.66. The van der Waals surface area contributed by atoms with Crippen molar-refractivity contribution in [3.8, 4) is 11.4 Å². The lowest BCUT2D eigenvalue weighted by atomic mass is 10.1. The topological polar surface area (TPSA) is 58.9 Å². The maximum Gasteiger partial charge on any atom is 0.162 e. The third-order valence-corrected chi connectivity index (χ3v) is 5.78. The van der Waals surface area contributed by atoms with Gasteiger partial charge in [0.05, 0.1) is 17.9 Å². The zero-order valence-electron chi connectivity index (χ0n) is 18.8. The number of anilines is 2. The Bertz CT molecular complexity index is 1330. The SMILES string of the molecule is CN(C)c1ccc(-c2nc(NCC(c3ccccc3)n3ccnc3)c3ccccc3n2)cc1. The van der Waals surface area contributed by atoms with Gasteiger partial charge in [-0.3, -0.25) is 0 Å². The number of nitrogens with one attached hydrogen (secondary N) is 1. The minimum absolute atomic E-state index is 0.0882. The minimum Gasteiger partial charge on any atom is -0.378 e. The Morgan fingerprint density at radius 2 is 1.64 bits per heavy atom. The van der Waals surface area contributed by atoms with Gasteiger partial charge in [-0.2, -0.15) is 0 Å². The van der Waals surface area contributed by atoms with Crippen molar-refractivity contribution >= 4 is 22.4 Å². The molecule has 5 rings (SSSR count). The average Bonchev–Trinajstić information content (AvgIpc) is 3.39. The number of fused-ring (bicyclic) bond motifs is 1. The number of rotatable bonds is 7. The molecule has 0 aliphatic rings. The summed E-state index contributed by atoms with van der Waals surface area (Å²) in [5, 5.41) is 4.61. The molecule has 3 aromatic carbocycles. The first kappa shape index (κ1) is 20.7. The molecule has 33 heavy (non-hydrogen) atoms. The van der Waals surface area contributed by atoms with Gasteiger partial charge in [0.25, 0.3) is 0 Å². The summed E-state index contributed by atoms with van der Waals surface area (Å²) in [5.41, 5.74) is 4.26. The van der Waals surface area contributed by atoms with Crippen molar-refractivity contribution in [2.45, 2.75) is 6.04 Å². The van der Waals surface area contributed by atoms with E-state index in [0.717, 1.165) is 28.0 Å². The number of benzene rings is 3. The molecule has 6 heteroatoms. The molecule has 5 aromatic rings. The van der Waals surface area contributed by atoms with Gasteiger partial charge in [0.1, 0.15) is 5.82 Å². The molecule has 2 aromatic heterocycles. The van der Waals surface area contributed by atoms with Crippen molar-refractivity contribution in [3.05, 3.63) is 103 Å². The van der Waals surface area contributed by atoms with E-state index in [1.165, 1.54) is 5.56 Å². The molecule has 0 amide bonds. The predicted octanol–water partition coefficient (Wildman–Crippen LogP) is 5.26. The van der Waals surface area contributed by atoms with E-state index in [-0.39, 0.29) is 6.04 Å². The summed E-state index contributed by atoms with van der Waals surface area (Å²) in [5.74, 6) is 1.54. The molecular formula is C27H26N6. The van der Waals surface area contributed by atoms with Crippen LogP contribution in [0, 0.1) is 0 Å². The van der Waals surface area contributed by atoms with Gasteiger partial charge >= 0.3 is 0 Å². The van der Waals surface area contributed by atoms with Crippen LogP contribution in [0.1, 0.15) is 11.6 Å². The summed E-state index contributed by atoms with van der Waals surface area (Å²) in [6, 6.07) is 27.0. The molecule has 6 nitrogen and oxygen atoms in total. The van der Waals surface area contributed by atoms with Crippen LogP contribution in [0.5, 0.6) is 0 Å². The average molecular weight is 435 g/mol. The van der Waals surface area contributed by atoms with Crippen LogP contribution >= 0.6 is 0 Å². The first-order valence-electron chi connectivity index (χ1n) is 11.0. The van der Waals surface area contributed by atoms with Crippen molar-refractivity contribution in [2.24, 2.45) is 0 Å². The van der Waals surface area contributed by atoms with Gasteiger partial charge in [-0.05, 0) is 42.0 Å². The Balaban J connectivity index is 1.50. The van der Waals surface area contributed by atoms with Gasteiger partial charge in [-0.1, -0.05) is 42.5 Å². The normalized spacial score (nSPS) is 11.9. The first-order chi connectivity index (χ1) is 16.2. The van der Waals surface area contributed by atoms with Crippen molar-refractivity contribution in [1.29, 1.82) is 0 Å². The monoisotopic (exact) mass is 434 g/mol. The second-order valence-corrected chi connectivity index (χ2v) is 8.17. The molecule has 0 saturated carbocycles. The van der Waals surface area contributed by atoms with Crippen LogP contribution in [0.4, 0.5) is 11.5 Å². The van der Waals surface area contributed by atoms with Crippen LogP contribution in [0.25, 0.3) is 22.3 Å². The molecule has 1 atom stereocenters. The highest BCUT2D eigenvalue weighted by Crippen LogP contribution is 2.27. The summed E-state index contributed by atoms with van der Waals surface area (Å²) in [6.45, 7) is 0.667. The van der Waals surface area contributed by atoms with E-state index in [4.69, 9.17) is 9.97 Å². The lowest BCUT2D eigenvalue weighted by Gasteiger charge is -2.21. The molecule has 0 saturated heterocycles. The molecular weight excluding hydrogens is 408 g/mol. The zero-order chi connectivity index (χ0) is 22.6. The fourth-order valence-electron chi connectivity index (χ4n) is 3.97. The number of hydrogen-bond acceptors (Lipinski definition) is 5. The molecule has 0 aliphatic heterocycles. The molecule has 0 spiro atoms. The second-order valence-electron chi connectivity index (χ2n) is 8.17. The van der Waals surface area contributed by atoms with Crippen molar-refractivity contribution in [3.63, 3.8) is 0 Å². The molecule has 2 heterocycles. The Morgan fingerprint density at radius 3 is 2.36 bits per heavy atom. The van der Waals surface area contributed by atoms with E-state index in [1.54, 1.807) is 0 Å². The number of nitrogens with zero attached hydrogens (tertiary/aromatic N) is 5. The van der Waals surface area contributed by atoms with Crippen LogP contribution in [0.2, 0.25) is 0 Å². The Morgan fingerprint density at radius 1 is 0.879 bits per heavy atom. The molecule has 164 valence electrons. The van der Waals surface area contributed by atoms with Gasteiger partial charge in [-0.25, -0.2) is 15.0 Å². The Kier molecular flexibility index (Phi) is 5.72. The molecule has 1 unspecified atom stereocenters. The third-order valence-electron chi connectivity index (χ3n) is 5.78. The lowest BCUT2D eigenvalue weighted by molar-refractivity contribution is 0.609. The number of para-hydroxylation sites is 1. The summed E-state index contributed by atoms with van der Waals surface area (Å²) in [4.78, 5) is 16.1.